The number of sulfonamides is 1. The van der Waals surface area contributed by atoms with Crippen molar-refractivity contribution in [3.05, 3.63) is 50.1 Å². The number of amides is 1. The van der Waals surface area contributed by atoms with Crippen LogP contribution in [0, 0.1) is 21.1 Å². The predicted octanol–water partition coefficient (Wildman–Crippen LogP) is 4.30. The standard InChI is InChI=1S/C23H26ClF2IN4O5S/c1-2-31(30-7-9-35-10-8-30)37(33,34)19-12-16(23(32)29-36-13-14-3-4-14)22(21(26)20(19)25)28-18-6-5-15(27)11-17(18)24/h5-6,11-12,14,28H,2-4,7-10,13H2,1H3,(H,29,32). The van der Waals surface area contributed by atoms with Crippen molar-refractivity contribution in [2.75, 3.05) is 44.8 Å². The number of anilines is 2. The zero-order chi connectivity index (χ0) is 26.7. The van der Waals surface area contributed by atoms with Gasteiger partial charge in [-0.3, -0.25) is 9.63 Å². The van der Waals surface area contributed by atoms with E-state index < -0.39 is 43.7 Å². The number of hydrazine groups is 1. The third kappa shape index (κ3) is 6.52. The maximum atomic E-state index is 15.6. The minimum atomic E-state index is -4.57. The number of ether oxygens (including phenoxy) is 1. The van der Waals surface area contributed by atoms with Crippen LogP contribution in [0.4, 0.5) is 20.2 Å². The Labute approximate surface area is 232 Å². The van der Waals surface area contributed by atoms with Crippen LogP contribution >= 0.6 is 34.2 Å². The van der Waals surface area contributed by atoms with Crippen molar-refractivity contribution in [3.63, 3.8) is 0 Å². The number of rotatable bonds is 10. The Morgan fingerprint density at radius 2 is 1.95 bits per heavy atom. The Hall–Kier alpha value is -1.62. The average molecular weight is 671 g/mol. The van der Waals surface area contributed by atoms with Crippen molar-refractivity contribution in [2.45, 2.75) is 24.7 Å². The van der Waals surface area contributed by atoms with E-state index in [1.807, 2.05) is 22.6 Å². The lowest BCUT2D eigenvalue weighted by Gasteiger charge is -2.35. The molecule has 37 heavy (non-hydrogen) atoms. The summed E-state index contributed by atoms with van der Waals surface area (Å²) in [5.41, 5.74) is 1.39. The average Bonchev–Trinajstić information content (AvgIpc) is 3.68. The SMILES string of the molecule is CCN(N1CCOCC1)S(=O)(=O)c1cc(C(=O)NOCC2CC2)c(Nc2ccc(I)cc2Cl)c(F)c1F. The van der Waals surface area contributed by atoms with Crippen LogP contribution in [0.25, 0.3) is 0 Å². The molecule has 2 aromatic carbocycles. The highest BCUT2D eigenvalue weighted by Crippen LogP contribution is 2.35. The zero-order valence-corrected chi connectivity index (χ0v) is 23.6. The second-order valence-electron chi connectivity index (χ2n) is 8.57. The number of nitrogens with zero attached hydrogens (tertiary/aromatic N) is 2. The van der Waals surface area contributed by atoms with Crippen LogP contribution < -0.4 is 10.8 Å². The molecule has 9 nitrogen and oxygen atoms in total. The fourth-order valence-corrected chi connectivity index (χ4v) is 6.31. The van der Waals surface area contributed by atoms with Crippen LogP contribution in [0.3, 0.4) is 0 Å². The van der Waals surface area contributed by atoms with Gasteiger partial charge in [0.15, 0.2) is 11.6 Å². The molecule has 1 saturated carbocycles. The summed E-state index contributed by atoms with van der Waals surface area (Å²) in [7, 11) is -4.57. The first-order valence-electron chi connectivity index (χ1n) is 11.6. The van der Waals surface area contributed by atoms with Crippen LogP contribution in [0.5, 0.6) is 0 Å². The highest BCUT2D eigenvalue weighted by atomic mass is 127. The van der Waals surface area contributed by atoms with Gasteiger partial charge in [0, 0.05) is 23.2 Å². The van der Waals surface area contributed by atoms with E-state index in [2.05, 4.69) is 10.8 Å². The summed E-state index contributed by atoms with van der Waals surface area (Å²) >= 11 is 8.29. The Kier molecular flexibility index (Phi) is 9.25. The molecule has 0 aromatic heterocycles. The largest absolute Gasteiger partial charge is 0.379 e. The summed E-state index contributed by atoms with van der Waals surface area (Å²) in [4.78, 5) is 17.3. The Morgan fingerprint density at radius 1 is 1.24 bits per heavy atom. The first-order chi connectivity index (χ1) is 17.6. The summed E-state index contributed by atoms with van der Waals surface area (Å²) in [6.07, 6.45) is 1.94. The van der Waals surface area contributed by atoms with E-state index in [0.717, 1.165) is 26.9 Å². The predicted molar refractivity (Wildman–Crippen MR) is 142 cm³/mol. The summed E-state index contributed by atoms with van der Waals surface area (Å²) in [6, 6.07) is 5.63. The van der Waals surface area contributed by atoms with Crippen LogP contribution in [0.2, 0.25) is 5.02 Å². The number of carbonyl (C=O) groups excluding carboxylic acids is 1. The lowest BCUT2D eigenvalue weighted by atomic mass is 10.1. The fraction of sp³-hybridized carbons (Fsp3) is 0.435. The number of nitrogens with one attached hydrogen (secondary N) is 2. The number of benzene rings is 2. The van der Waals surface area contributed by atoms with Gasteiger partial charge in [-0.2, -0.15) is 0 Å². The van der Waals surface area contributed by atoms with Crippen LogP contribution in [0.1, 0.15) is 30.1 Å². The molecule has 2 fully saturated rings. The fourth-order valence-electron chi connectivity index (χ4n) is 3.79. The molecule has 1 heterocycles. The van der Waals surface area contributed by atoms with Gasteiger partial charge in [0.2, 0.25) is 0 Å². The topological polar surface area (TPSA) is 100 Å². The van der Waals surface area contributed by atoms with Crippen molar-refractivity contribution < 1.29 is 31.6 Å². The molecule has 0 spiro atoms. The molecule has 1 aliphatic heterocycles. The number of carbonyl (C=O) groups is 1. The maximum Gasteiger partial charge on any atom is 0.277 e. The monoisotopic (exact) mass is 670 g/mol. The van der Waals surface area contributed by atoms with Gasteiger partial charge in [-0.15, -0.1) is 4.41 Å². The number of hydrogen-bond acceptors (Lipinski definition) is 7. The van der Waals surface area contributed by atoms with E-state index in [1.54, 1.807) is 19.1 Å². The Bertz CT molecular complexity index is 1280. The van der Waals surface area contributed by atoms with Crippen molar-refractivity contribution in [1.29, 1.82) is 0 Å². The molecule has 2 aromatic rings. The summed E-state index contributed by atoms with van der Waals surface area (Å²) < 4.78 is 65.1. The van der Waals surface area contributed by atoms with Crippen molar-refractivity contribution in [3.8, 4) is 0 Å². The maximum absolute atomic E-state index is 15.6. The molecule has 4 rings (SSSR count). The number of morpholine rings is 1. The lowest BCUT2D eigenvalue weighted by Crippen LogP contribution is -2.51. The molecule has 0 unspecified atom stereocenters. The Morgan fingerprint density at radius 3 is 2.57 bits per heavy atom. The van der Waals surface area contributed by atoms with Crippen LogP contribution in [0.15, 0.2) is 29.2 Å². The van der Waals surface area contributed by atoms with E-state index in [1.165, 1.54) is 11.1 Å². The summed E-state index contributed by atoms with van der Waals surface area (Å²) in [5, 5.41) is 4.34. The Balaban J connectivity index is 1.76. The molecule has 0 bridgehead atoms. The second-order valence-corrected chi connectivity index (χ2v) is 12.0. The van der Waals surface area contributed by atoms with Gasteiger partial charge in [-0.25, -0.2) is 27.7 Å². The van der Waals surface area contributed by atoms with Crippen molar-refractivity contribution >= 4 is 61.5 Å². The number of hydroxylamine groups is 1. The lowest BCUT2D eigenvalue weighted by molar-refractivity contribution is -0.0398. The van der Waals surface area contributed by atoms with Crippen molar-refractivity contribution in [1.82, 2.24) is 14.9 Å². The quantitative estimate of drug-likeness (QED) is 0.288. The smallest absolute Gasteiger partial charge is 0.277 e. The molecule has 0 atom stereocenters. The summed E-state index contributed by atoms with van der Waals surface area (Å²) in [5.74, 6) is -3.78. The minimum absolute atomic E-state index is 0.0340. The molecule has 1 saturated heterocycles. The highest BCUT2D eigenvalue weighted by Gasteiger charge is 2.36. The zero-order valence-electron chi connectivity index (χ0n) is 19.9. The van der Waals surface area contributed by atoms with Crippen LogP contribution in [-0.2, 0) is 19.6 Å². The molecule has 14 heteroatoms. The molecule has 2 N–H and O–H groups in total. The summed E-state index contributed by atoms with van der Waals surface area (Å²) in [6.45, 7) is 2.88. The van der Waals surface area contributed by atoms with Gasteiger partial charge >= 0.3 is 0 Å². The first-order valence-corrected chi connectivity index (χ1v) is 14.5. The molecule has 1 aliphatic carbocycles. The van der Waals surface area contributed by atoms with Gasteiger partial charge in [0.25, 0.3) is 15.9 Å². The molecular formula is C23H26ClF2IN4O5S. The molecule has 0 radical (unpaired) electrons. The molecular weight excluding hydrogens is 645 g/mol. The van der Waals surface area contributed by atoms with E-state index in [0.29, 0.717) is 5.92 Å². The van der Waals surface area contributed by atoms with Gasteiger partial charge in [-0.1, -0.05) is 11.6 Å². The molecule has 1 amide bonds. The van der Waals surface area contributed by atoms with Crippen molar-refractivity contribution in [2.24, 2.45) is 5.92 Å². The van der Waals surface area contributed by atoms with E-state index in [9.17, 15) is 13.2 Å². The number of hydrogen-bond donors (Lipinski definition) is 2. The molecule has 2 aliphatic rings. The third-order valence-electron chi connectivity index (χ3n) is 5.92. The normalized spacial score (nSPS) is 16.7. The van der Waals surface area contributed by atoms with Gasteiger partial charge < -0.3 is 10.1 Å². The third-order valence-corrected chi connectivity index (χ3v) is 8.80. The van der Waals surface area contributed by atoms with Gasteiger partial charge in [0.1, 0.15) is 4.90 Å². The van der Waals surface area contributed by atoms with Gasteiger partial charge in [-0.05, 0) is 72.5 Å². The second kappa shape index (κ2) is 12.1. The van der Waals surface area contributed by atoms with E-state index >= 15 is 8.78 Å². The van der Waals surface area contributed by atoms with E-state index in [-0.39, 0.29) is 50.2 Å². The number of halogens is 4. The molecule has 202 valence electrons. The highest BCUT2D eigenvalue weighted by molar-refractivity contribution is 14.1. The minimum Gasteiger partial charge on any atom is -0.379 e. The first kappa shape index (κ1) is 28.4. The van der Waals surface area contributed by atoms with E-state index in [4.69, 9.17) is 21.2 Å². The van der Waals surface area contributed by atoms with Gasteiger partial charge in [0.05, 0.1) is 41.8 Å². The van der Waals surface area contributed by atoms with Crippen LogP contribution in [-0.4, -0.2) is 63.2 Å².